The number of nitrogens with zero attached hydrogens (tertiary/aromatic N) is 3. The average Bonchev–Trinajstić information content (AvgIpc) is 3.28. The lowest BCUT2D eigenvalue weighted by atomic mass is 10.3. The largest absolute Gasteiger partial charge is 0.385 e. The number of methoxy groups -OCH3 is 1. The van der Waals surface area contributed by atoms with Gasteiger partial charge in [0.25, 0.3) is 5.91 Å². The summed E-state index contributed by atoms with van der Waals surface area (Å²) in [6, 6.07) is 9.69. The summed E-state index contributed by atoms with van der Waals surface area (Å²) >= 11 is 1.49. The summed E-state index contributed by atoms with van der Waals surface area (Å²) in [5.74, 6) is -0.0683. The van der Waals surface area contributed by atoms with Crippen LogP contribution in [0.2, 0.25) is 0 Å². The van der Waals surface area contributed by atoms with E-state index in [0.717, 1.165) is 4.88 Å². The van der Waals surface area contributed by atoms with Crippen molar-refractivity contribution in [3.63, 3.8) is 0 Å². The van der Waals surface area contributed by atoms with E-state index < -0.39 is 0 Å². The maximum absolute atomic E-state index is 13.2. The summed E-state index contributed by atoms with van der Waals surface area (Å²) in [6.07, 6.45) is 0.707. The summed E-state index contributed by atoms with van der Waals surface area (Å²) < 4.78 is 19.7. The number of aromatic nitrogens is 3. The fraction of sp³-hybridized carbons (Fsp3) is 0.235. The number of ether oxygens (including phenoxy) is 1. The second-order valence-electron chi connectivity index (χ2n) is 5.23. The van der Waals surface area contributed by atoms with Crippen molar-refractivity contribution in [3.05, 3.63) is 53.4 Å². The fourth-order valence-electron chi connectivity index (χ4n) is 2.23. The first-order chi connectivity index (χ1) is 12.2. The van der Waals surface area contributed by atoms with Gasteiger partial charge in [-0.25, -0.2) is 14.1 Å². The van der Waals surface area contributed by atoms with Gasteiger partial charge in [-0.2, -0.15) is 0 Å². The van der Waals surface area contributed by atoms with Gasteiger partial charge in [0, 0.05) is 20.3 Å². The quantitative estimate of drug-likeness (QED) is 0.658. The van der Waals surface area contributed by atoms with Crippen LogP contribution in [0.25, 0.3) is 16.4 Å². The Kier molecular flexibility index (Phi) is 5.52. The zero-order chi connectivity index (χ0) is 17.6. The number of hydrogen-bond acceptors (Lipinski definition) is 5. The summed E-state index contributed by atoms with van der Waals surface area (Å²) in [4.78, 5) is 17.5. The van der Waals surface area contributed by atoms with Crippen LogP contribution < -0.4 is 5.32 Å². The van der Waals surface area contributed by atoms with E-state index in [1.54, 1.807) is 23.9 Å². The molecule has 130 valence electrons. The molecule has 0 aliphatic carbocycles. The summed E-state index contributed by atoms with van der Waals surface area (Å²) in [6.45, 7) is 1.05. The predicted octanol–water partition coefficient (Wildman–Crippen LogP) is 2.90. The predicted molar refractivity (Wildman–Crippen MR) is 93.5 cm³/mol. The van der Waals surface area contributed by atoms with Gasteiger partial charge < -0.3 is 10.1 Å². The van der Waals surface area contributed by atoms with E-state index in [2.05, 4.69) is 15.4 Å². The van der Waals surface area contributed by atoms with Gasteiger partial charge in [-0.05, 0) is 42.1 Å². The molecule has 0 fully saturated rings. The Morgan fingerprint density at radius 2 is 2.12 bits per heavy atom. The van der Waals surface area contributed by atoms with Crippen LogP contribution in [0.15, 0.2) is 41.8 Å². The lowest BCUT2D eigenvalue weighted by Gasteiger charge is -2.04. The standard InChI is InChI=1S/C17H17FN4O2S/c1-24-10-3-9-19-17(23)15-20-16(14-4-2-11-25-14)22(21-15)13-7-5-12(18)6-8-13/h2,4-8,11H,3,9-10H2,1H3,(H,19,23). The highest BCUT2D eigenvalue weighted by Gasteiger charge is 2.19. The van der Waals surface area contributed by atoms with Crippen molar-refractivity contribution in [2.24, 2.45) is 0 Å². The van der Waals surface area contributed by atoms with Crippen LogP contribution in [-0.4, -0.2) is 40.9 Å². The normalized spacial score (nSPS) is 10.8. The van der Waals surface area contributed by atoms with Crippen molar-refractivity contribution in [1.82, 2.24) is 20.1 Å². The highest BCUT2D eigenvalue weighted by molar-refractivity contribution is 7.13. The Hall–Kier alpha value is -2.58. The van der Waals surface area contributed by atoms with Crippen molar-refractivity contribution in [1.29, 1.82) is 0 Å². The third-order valence-corrected chi connectivity index (χ3v) is 4.30. The van der Waals surface area contributed by atoms with Gasteiger partial charge in [-0.1, -0.05) is 6.07 Å². The molecule has 0 aliphatic heterocycles. The van der Waals surface area contributed by atoms with E-state index in [9.17, 15) is 9.18 Å². The highest BCUT2D eigenvalue weighted by Crippen LogP contribution is 2.25. The molecular weight excluding hydrogens is 343 g/mol. The Morgan fingerprint density at radius 1 is 1.32 bits per heavy atom. The molecule has 2 heterocycles. The van der Waals surface area contributed by atoms with Gasteiger partial charge in [0.2, 0.25) is 5.82 Å². The molecule has 2 aromatic heterocycles. The van der Waals surface area contributed by atoms with Gasteiger partial charge in [0.05, 0.1) is 10.6 Å². The second kappa shape index (κ2) is 8.00. The highest BCUT2D eigenvalue weighted by atomic mass is 32.1. The molecule has 1 amide bonds. The number of nitrogens with one attached hydrogen (secondary N) is 1. The molecule has 0 saturated heterocycles. The molecule has 1 aromatic carbocycles. The van der Waals surface area contributed by atoms with Crippen LogP contribution in [0.5, 0.6) is 0 Å². The Balaban J connectivity index is 1.89. The molecule has 3 rings (SSSR count). The molecule has 1 N–H and O–H groups in total. The van der Waals surface area contributed by atoms with Crippen molar-refractivity contribution >= 4 is 17.2 Å². The topological polar surface area (TPSA) is 69.0 Å². The van der Waals surface area contributed by atoms with Crippen molar-refractivity contribution in [2.75, 3.05) is 20.3 Å². The van der Waals surface area contributed by atoms with Crippen molar-refractivity contribution in [3.8, 4) is 16.4 Å². The van der Waals surface area contributed by atoms with Crippen LogP contribution >= 0.6 is 11.3 Å². The molecular formula is C17H17FN4O2S. The lowest BCUT2D eigenvalue weighted by molar-refractivity contribution is 0.0938. The van der Waals surface area contributed by atoms with Gasteiger partial charge in [-0.15, -0.1) is 16.4 Å². The molecule has 0 aliphatic rings. The third kappa shape index (κ3) is 4.09. The Bertz CT molecular complexity index is 831. The van der Waals surface area contributed by atoms with Gasteiger partial charge in [0.1, 0.15) is 5.82 Å². The average molecular weight is 360 g/mol. The monoisotopic (exact) mass is 360 g/mol. The molecule has 3 aromatic rings. The van der Waals surface area contributed by atoms with Crippen molar-refractivity contribution in [2.45, 2.75) is 6.42 Å². The van der Waals surface area contributed by atoms with Crippen LogP contribution in [0, 0.1) is 5.82 Å². The van der Waals surface area contributed by atoms with E-state index >= 15 is 0 Å². The zero-order valence-electron chi connectivity index (χ0n) is 13.6. The zero-order valence-corrected chi connectivity index (χ0v) is 14.4. The molecule has 0 radical (unpaired) electrons. The lowest BCUT2D eigenvalue weighted by Crippen LogP contribution is -2.26. The number of hydrogen-bond donors (Lipinski definition) is 1. The van der Waals surface area contributed by atoms with E-state index in [1.165, 1.54) is 23.5 Å². The van der Waals surface area contributed by atoms with E-state index in [4.69, 9.17) is 4.74 Å². The first-order valence-electron chi connectivity index (χ1n) is 7.73. The van der Waals surface area contributed by atoms with Gasteiger partial charge >= 0.3 is 0 Å². The first kappa shape index (κ1) is 17.2. The smallest absolute Gasteiger partial charge is 0.290 e. The number of rotatable bonds is 7. The molecule has 0 bridgehead atoms. The number of amides is 1. The minimum absolute atomic E-state index is 0.0742. The molecule has 0 spiro atoms. The molecule has 0 atom stereocenters. The van der Waals surface area contributed by atoms with Crippen LogP contribution in [0.3, 0.4) is 0 Å². The number of benzene rings is 1. The third-order valence-electron chi connectivity index (χ3n) is 3.43. The van der Waals surface area contributed by atoms with Crippen LogP contribution in [0.4, 0.5) is 4.39 Å². The summed E-state index contributed by atoms with van der Waals surface area (Å²) in [5, 5.41) is 9.00. The number of halogens is 1. The Morgan fingerprint density at radius 3 is 2.80 bits per heavy atom. The van der Waals surface area contributed by atoms with Crippen LogP contribution in [0.1, 0.15) is 17.0 Å². The number of carbonyl (C=O) groups is 1. The Labute approximate surface area is 148 Å². The van der Waals surface area contributed by atoms with Crippen LogP contribution in [-0.2, 0) is 4.74 Å². The van der Waals surface area contributed by atoms with Gasteiger partial charge in [0.15, 0.2) is 5.82 Å². The number of carbonyl (C=O) groups excluding carboxylic acids is 1. The summed E-state index contributed by atoms with van der Waals surface area (Å²) in [5.41, 5.74) is 0.635. The molecule has 6 nitrogen and oxygen atoms in total. The maximum atomic E-state index is 13.2. The van der Waals surface area contributed by atoms with E-state index in [-0.39, 0.29) is 17.5 Å². The van der Waals surface area contributed by atoms with Crippen molar-refractivity contribution < 1.29 is 13.9 Å². The minimum Gasteiger partial charge on any atom is -0.385 e. The van der Waals surface area contributed by atoms with E-state index in [1.807, 2.05) is 17.5 Å². The maximum Gasteiger partial charge on any atom is 0.290 e. The molecule has 0 unspecified atom stereocenters. The molecule has 25 heavy (non-hydrogen) atoms. The summed E-state index contributed by atoms with van der Waals surface area (Å²) in [7, 11) is 1.61. The fourth-order valence-corrected chi connectivity index (χ4v) is 2.93. The first-order valence-corrected chi connectivity index (χ1v) is 8.61. The second-order valence-corrected chi connectivity index (χ2v) is 6.17. The molecule has 8 heteroatoms. The minimum atomic E-state index is -0.352. The molecule has 0 saturated carbocycles. The van der Waals surface area contributed by atoms with E-state index in [0.29, 0.717) is 31.1 Å². The van der Waals surface area contributed by atoms with Gasteiger partial charge in [-0.3, -0.25) is 4.79 Å². The SMILES string of the molecule is COCCCNC(=O)c1nc(-c2cccs2)n(-c2ccc(F)cc2)n1. The number of thiophene rings is 1.